The normalized spacial score (nSPS) is 18.6. The number of carbonyl (C=O) groups excluding carboxylic acids is 1. The van der Waals surface area contributed by atoms with Gasteiger partial charge in [-0.05, 0) is 33.2 Å². The summed E-state index contributed by atoms with van der Waals surface area (Å²) in [6, 6.07) is 0. The third-order valence-corrected chi connectivity index (χ3v) is 5.63. The van der Waals surface area contributed by atoms with Crippen molar-refractivity contribution >= 4 is 17.2 Å². The second-order valence-electron chi connectivity index (χ2n) is 7.82. The molecule has 2 heterocycles. The minimum Gasteiger partial charge on any atom is -0.354 e. The lowest BCUT2D eigenvalue weighted by Gasteiger charge is -2.31. The lowest BCUT2D eigenvalue weighted by molar-refractivity contribution is -0.120. The predicted octanol–water partition coefficient (Wildman–Crippen LogP) is 2.97. The minimum absolute atomic E-state index is 0.0563. The highest BCUT2D eigenvalue weighted by atomic mass is 32.1. The van der Waals surface area contributed by atoms with E-state index in [1.807, 2.05) is 5.38 Å². The number of amides is 1. The molecule has 0 radical (unpaired) electrons. The Labute approximate surface area is 138 Å². The van der Waals surface area contributed by atoms with E-state index in [-0.39, 0.29) is 16.9 Å². The van der Waals surface area contributed by atoms with E-state index in [2.05, 4.69) is 49.8 Å². The van der Waals surface area contributed by atoms with Gasteiger partial charge in [-0.15, -0.1) is 11.3 Å². The van der Waals surface area contributed by atoms with Gasteiger partial charge in [0.1, 0.15) is 0 Å². The van der Waals surface area contributed by atoms with E-state index >= 15 is 0 Å². The summed E-state index contributed by atoms with van der Waals surface area (Å²) < 4.78 is 0. The van der Waals surface area contributed by atoms with Crippen LogP contribution in [-0.2, 0) is 16.6 Å². The monoisotopic (exact) mass is 323 g/mol. The van der Waals surface area contributed by atoms with Crippen molar-refractivity contribution < 1.29 is 4.79 Å². The lowest BCUT2D eigenvalue weighted by Crippen LogP contribution is -2.43. The molecule has 4 nitrogen and oxygen atoms in total. The van der Waals surface area contributed by atoms with Gasteiger partial charge in [0.15, 0.2) is 0 Å². The van der Waals surface area contributed by atoms with E-state index in [4.69, 9.17) is 0 Å². The SMILES string of the molecule is CC(C)(C)c1nc(CC(=O)NCCN2CCCC2(C)C)cs1. The summed E-state index contributed by atoms with van der Waals surface area (Å²) >= 11 is 1.64. The molecule has 1 aromatic rings. The summed E-state index contributed by atoms with van der Waals surface area (Å²) in [5.41, 5.74) is 1.22. The molecule has 0 spiro atoms. The molecule has 22 heavy (non-hydrogen) atoms. The second kappa shape index (κ2) is 6.67. The zero-order valence-electron chi connectivity index (χ0n) is 14.5. The first kappa shape index (κ1) is 17.4. The molecule has 0 saturated carbocycles. The number of thiazole rings is 1. The number of hydrogen-bond donors (Lipinski definition) is 1. The average Bonchev–Trinajstić information content (AvgIpc) is 2.96. The highest BCUT2D eigenvalue weighted by molar-refractivity contribution is 7.09. The molecule has 2 rings (SSSR count). The molecule has 1 aromatic heterocycles. The molecule has 0 bridgehead atoms. The predicted molar refractivity (Wildman–Crippen MR) is 92.4 cm³/mol. The Bertz CT molecular complexity index is 516. The maximum Gasteiger partial charge on any atom is 0.226 e. The Morgan fingerprint density at radius 1 is 1.45 bits per heavy atom. The molecule has 1 aliphatic heterocycles. The van der Waals surface area contributed by atoms with Gasteiger partial charge >= 0.3 is 0 Å². The highest BCUT2D eigenvalue weighted by Gasteiger charge is 2.31. The van der Waals surface area contributed by atoms with Gasteiger partial charge < -0.3 is 5.32 Å². The van der Waals surface area contributed by atoms with Crippen LogP contribution in [0, 0.1) is 0 Å². The van der Waals surface area contributed by atoms with E-state index in [9.17, 15) is 4.79 Å². The first-order chi connectivity index (χ1) is 10.2. The summed E-state index contributed by atoms with van der Waals surface area (Å²) in [7, 11) is 0. The summed E-state index contributed by atoms with van der Waals surface area (Å²) in [4.78, 5) is 19.1. The molecule has 1 amide bonds. The summed E-state index contributed by atoms with van der Waals surface area (Å²) in [6.07, 6.45) is 2.89. The van der Waals surface area contributed by atoms with Crippen molar-refractivity contribution in [2.75, 3.05) is 19.6 Å². The molecule has 0 aromatic carbocycles. The highest BCUT2D eigenvalue weighted by Crippen LogP contribution is 2.27. The van der Waals surface area contributed by atoms with Crippen molar-refractivity contribution in [3.05, 3.63) is 16.1 Å². The Kier molecular flexibility index (Phi) is 5.28. The minimum atomic E-state index is 0.0563. The van der Waals surface area contributed by atoms with Crippen molar-refractivity contribution in [3.8, 4) is 0 Å². The van der Waals surface area contributed by atoms with E-state index in [1.165, 1.54) is 12.8 Å². The number of carbonyl (C=O) groups is 1. The Morgan fingerprint density at radius 3 is 2.73 bits per heavy atom. The largest absolute Gasteiger partial charge is 0.354 e. The number of aromatic nitrogens is 1. The van der Waals surface area contributed by atoms with Gasteiger partial charge in [0.2, 0.25) is 5.91 Å². The maximum absolute atomic E-state index is 12.0. The van der Waals surface area contributed by atoms with Crippen LogP contribution in [0.3, 0.4) is 0 Å². The smallest absolute Gasteiger partial charge is 0.226 e. The van der Waals surface area contributed by atoms with Crippen LogP contribution in [0.4, 0.5) is 0 Å². The lowest BCUT2D eigenvalue weighted by atomic mass is 9.98. The van der Waals surface area contributed by atoms with Crippen LogP contribution in [0.1, 0.15) is 58.2 Å². The van der Waals surface area contributed by atoms with Crippen molar-refractivity contribution in [1.29, 1.82) is 0 Å². The standard InChI is InChI=1S/C17H29N3OS/c1-16(2,3)15-19-13(12-22-15)11-14(21)18-8-10-20-9-6-7-17(20,4)5/h12H,6-11H2,1-5H3,(H,18,21). The fourth-order valence-corrected chi connectivity index (χ4v) is 3.77. The molecule has 0 aliphatic carbocycles. The molecular formula is C17H29N3OS. The van der Waals surface area contributed by atoms with Gasteiger partial charge in [0, 0.05) is 29.4 Å². The number of nitrogens with one attached hydrogen (secondary N) is 1. The van der Waals surface area contributed by atoms with Crippen LogP contribution in [0.5, 0.6) is 0 Å². The molecule has 1 aliphatic rings. The molecule has 0 unspecified atom stereocenters. The van der Waals surface area contributed by atoms with Crippen LogP contribution in [-0.4, -0.2) is 41.0 Å². The van der Waals surface area contributed by atoms with Gasteiger partial charge in [0.05, 0.1) is 17.1 Å². The van der Waals surface area contributed by atoms with Gasteiger partial charge in [-0.3, -0.25) is 9.69 Å². The Morgan fingerprint density at radius 2 is 2.18 bits per heavy atom. The van der Waals surface area contributed by atoms with Crippen molar-refractivity contribution in [3.63, 3.8) is 0 Å². The molecule has 1 saturated heterocycles. The van der Waals surface area contributed by atoms with E-state index in [0.717, 1.165) is 30.3 Å². The summed E-state index contributed by atoms with van der Waals surface area (Å²) in [5.74, 6) is 0.0720. The first-order valence-electron chi connectivity index (χ1n) is 8.15. The third kappa shape index (κ3) is 4.53. The third-order valence-electron chi connectivity index (χ3n) is 4.31. The van der Waals surface area contributed by atoms with Crippen LogP contribution in [0.25, 0.3) is 0 Å². The summed E-state index contributed by atoms with van der Waals surface area (Å²) in [5, 5.41) is 6.12. The Hall–Kier alpha value is -0.940. The first-order valence-corrected chi connectivity index (χ1v) is 9.03. The van der Waals surface area contributed by atoms with Crippen molar-refractivity contribution in [2.45, 2.75) is 64.8 Å². The fraction of sp³-hybridized carbons (Fsp3) is 0.765. The molecule has 0 atom stereocenters. The van der Waals surface area contributed by atoms with Crippen molar-refractivity contribution in [2.24, 2.45) is 0 Å². The van der Waals surface area contributed by atoms with Gasteiger partial charge in [-0.1, -0.05) is 20.8 Å². The average molecular weight is 324 g/mol. The number of nitrogens with zero attached hydrogens (tertiary/aromatic N) is 2. The van der Waals surface area contributed by atoms with Crippen LogP contribution >= 0.6 is 11.3 Å². The second-order valence-corrected chi connectivity index (χ2v) is 8.68. The summed E-state index contributed by atoms with van der Waals surface area (Å²) in [6.45, 7) is 13.8. The molecular weight excluding hydrogens is 294 g/mol. The van der Waals surface area contributed by atoms with Crippen LogP contribution < -0.4 is 5.32 Å². The molecule has 1 fully saturated rings. The van der Waals surface area contributed by atoms with Crippen LogP contribution in [0.2, 0.25) is 0 Å². The topological polar surface area (TPSA) is 45.2 Å². The molecule has 5 heteroatoms. The van der Waals surface area contributed by atoms with E-state index < -0.39 is 0 Å². The van der Waals surface area contributed by atoms with Crippen molar-refractivity contribution in [1.82, 2.24) is 15.2 Å². The fourth-order valence-electron chi connectivity index (χ4n) is 2.87. The zero-order valence-corrected chi connectivity index (χ0v) is 15.3. The zero-order chi connectivity index (χ0) is 16.4. The van der Waals surface area contributed by atoms with Gasteiger partial charge in [-0.25, -0.2) is 4.98 Å². The van der Waals surface area contributed by atoms with Gasteiger partial charge in [-0.2, -0.15) is 0 Å². The quantitative estimate of drug-likeness (QED) is 0.906. The number of rotatable bonds is 5. The Balaban J connectivity index is 1.75. The number of hydrogen-bond acceptors (Lipinski definition) is 4. The molecule has 124 valence electrons. The number of likely N-dealkylation sites (tertiary alicyclic amines) is 1. The van der Waals surface area contributed by atoms with Crippen LogP contribution in [0.15, 0.2) is 5.38 Å². The van der Waals surface area contributed by atoms with E-state index in [0.29, 0.717) is 6.42 Å². The van der Waals surface area contributed by atoms with Gasteiger partial charge in [0.25, 0.3) is 0 Å². The molecule has 1 N–H and O–H groups in total. The van der Waals surface area contributed by atoms with E-state index in [1.54, 1.807) is 11.3 Å². The maximum atomic E-state index is 12.0.